The summed E-state index contributed by atoms with van der Waals surface area (Å²) < 4.78 is 0. The van der Waals surface area contributed by atoms with Gasteiger partial charge in [0.05, 0.1) is 6.04 Å². The Kier molecular flexibility index (Phi) is 5.23. The fraction of sp³-hybridized carbons (Fsp3) is 0.625. The molecule has 1 N–H and O–H groups in total. The average Bonchev–Trinajstić information content (AvgIpc) is 2.64. The van der Waals surface area contributed by atoms with Gasteiger partial charge in [0, 0.05) is 25.3 Å². The number of anilines is 1. The zero-order valence-corrected chi connectivity index (χ0v) is 12.5. The van der Waals surface area contributed by atoms with Crippen molar-refractivity contribution in [2.24, 2.45) is 0 Å². The van der Waals surface area contributed by atoms with E-state index < -0.39 is 0 Å². The molecule has 0 amide bonds. The van der Waals surface area contributed by atoms with Crippen molar-refractivity contribution in [3.05, 3.63) is 29.8 Å². The SMILES string of the molecule is CCc1ccc(N2CCCNCC2CN(C)C)cc1. The van der Waals surface area contributed by atoms with E-state index in [4.69, 9.17) is 0 Å². The highest BCUT2D eigenvalue weighted by molar-refractivity contribution is 5.49. The van der Waals surface area contributed by atoms with Gasteiger partial charge in [0.25, 0.3) is 0 Å². The number of hydrogen-bond acceptors (Lipinski definition) is 3. The Labute approximate surface area is 117 Å². The Morgan fingerprint density at radius 1 is 1.26 bits per heavy atom. The smallest absolute Gasteiger partial charge is 0.0541 e. The van der Waals surface area contributed by atoms with Gasteiger partial charge in [-0.3, -0.25) is 0 Å². The Morgan fingerprint density at radius 2 is 2.00 bits per heavy atom. The summed E-state index contributed by atoms with van der Waals surface area (Å²) in [5.41, 5.74) is 2.79. The lowest BCUT2D eigenvalue weighted by Crippen LogP contribution is -2.46. The van der Waals surface area contributed by atoms with Crippen LogP contribution in [0.25, 0.3) is 0 Å². The molecule has 19 heavy (non-hydrogen) atoms. The molecule has 1 aromatic carbocycles. The van der Waals surface area contributed by atoms with E-state index in [2.05, 4.69) is 60.4 Å². The van der Waals surface area contributed by atoms with Crippen molar-refractivity contribution in [2.45, 2.75) is 25.8 Å². The van der Waals surface area contributed by atoms with Gasteiger partial charge in [-0.05, 0) is 51.2 Å². The number of hydrogen-bond donors (Lipinski definition) is 1. The molecule has 3 heteroatoms. The van der Waals surface area contributed by atoms with Crippen LogP contribution in [0.5, 0.6) is 0 Å². The van der Waals surface area contributed by atoms with Crippen molar-refractivity contribution >= 4 is 5.69 Å². The first kappa shape index (κ1) is 14.4. The predicted molar refractivity (Wildman–Crippen MR) is 83.0 cm³/mol. The first-order valence-corrected chi connectivity index (χ1v) is 7.41. The van der Waals surface area contributed by atoms with Gasteiger partial charge in [-0.1, -0.05) is 19.1 Å². The number of nitrogens with one attached hydrogen (secondary N) is 1. The van der Waals surface area contributed by atoms with Crippen molar-refractivity contribution in [3.8, 4) is 0 Å². The molecule has 1 heterocycles. The van der Waals surface area contributed by atoms with E-state index in [1.807, 2.05) is 0 Å². The van der Waals surface area contributed by atoms with Gasteiger partial charge in [0.2, 0.25) is 0 Å². The van der Waals surface area contributed by atoms with E-state index in [1.165, 1.54) is 17.7 Å². The average molecular weight is 261 g/mol. The highest BCUT2D eigenvalue weighted by Gasteiger charge is 2.21. The van der Waals surface area contributed by atoms with Gasteiger partial charge in [-0.15, -0.1) is 0 Å². The minimum absolute atomic E-state index is 0.560. The lowest BCUT2D eigenvalue weighted by molar-refractivity contribution is 0.361. The zero-order chi connectivity index (χ0) is 13.7. The molecule has 0 spiro atoms. The van der Waals surface area contributed by atoms with E-state index in [0.717, 1.165) is 32.6 Å². The third-order valence-electron chi connectivity index (χ3n) is 3.83. The van der Waals surface area contributed by atoms with E-state index in [9.17, 15) is 0 Å². The molecule has 1 aliphatic rings. The summed E-state index contributed by atoms with van der Waals surface area (Å²) in [5.74, 6) is 0. The van der Waals surface area contributed by atoms with Gasteiger partial charge in [-0.2, -0.15) is 0 Å². The fourth-order valence-corrected chi connectivity index (χ4v) is 2.78. The van der Waals surface area contributed by atoms with Crippen LogP contribution in [0, 0.1) is 0 Å². The molecule has 1 aliphatic heterocycles. The number of aryl methyl sites for hydroxylation is 1. The van der Waals surface area contributed by atoms with Crippen molar-refractivity contribution < 1.29 is 0 Å². The molecule has 0 saturated carbocycles. The first-order valence-electron chi connectivity index (χ1n) is 7.41. The number of benzene rings is 1. The Hall–Kier alpha value is -1.06. The van der Waals surface area contributed by atoms with Crippen LogP contribution in [0.1, 0.15) is 18.9 Å². The van der Waals surface area contributed by atoms with Gasteiger partial charge in [0.1, 0.15) is 0 Å². The number of likely N-dealkylation sites (N-methyl/N-ethyl adjacent to an activating group) is 1. The lowest BCUT2D eigenvalue weighted by Gasteiger charge is -2.33. The van der Waals surface area contributed by atoms with E-state index in [-0.39, 0.29) is 0 Å². The highest BCUT2D eigenvalue weighted by atomic mass is 15.2. The summed E-state index contributed by atoms with van der Waals surface area (Å²) in [7, 11) is 4.31. The van der Waals surface area contributed by atoms with Crippen LogP contribution in [0.15, 0.2) is 24.3 Å². The summed E-state index contributed by atoms with van der Waals surface area (Å²) in [5, 5.41) is 3.56. The standard InChI is InChI=1S/C16H27N3/c1-4-14-6-8-15(9-7-14)19-11-5-10-17-12-16(19)13-18(2)3/h6-9,16-17H,4-5,10-13H2,1-3H3. The molecule has 1 fully saturated rings. The largest absolute Gasteiger partial charge is 0.366 e. The van der Waals surface area contributed by atoms with Gasteiger partial charge in [0.15, 0.2) is 0 Å². The second kappa shape index (κ2) is 6.92. The maximum atomic E-state index is 3.56. The molecule has 0 bridgehead atoms. The van der Waals surface area contributed by atoms with Crippen molar-refractivity contribution in [3.63, 3.8) is 0 Å². The molecule has 1 aromatic rings. The quantitative estimate of drug-likeness (QED) is 0.894. The third-order valence-corrected chi connectivity index (χ3v) is 3.83. The lowest BCUT2D eigenvalue weighted by atomic mass is 10.1. The van der Waals surface area contributed by atoms with Crippen molar-refractivity contribution in [1.29, 1.82) is 0 Å². The van der Waals surface area contributed by atoms with E-state index in [1.54, 1.807) is 0 Å². The summed E-state index contributed by atoms with van der Waals surface area (Å²) in [4.78, 5) is 4.85. The van der Waals surface area contributed by atoms with Gasteiger partial charge in [-0.25, -0.2) is 0 Å². The second-order valence-corrected chi connectivity index (χ2v) is 5.69. The second-order valence-electron chi connectivity index (χ2n) is 5.69. The van der Waals surface area contributed by atoms with E-state index >= 15 is 0 Å². The summed E-state index contributed by atoms with van der Waals surface area (Å²) in [6.07, 6.45) is 2.34. The highest BCUT2D eigenvalue weighted by Crippen LogP contribution is 2.20. The molecule has 0 radical (unpaired) electrons. The van der Waals surface area contributed by atoms with Crippen LogP contribution in [0.3, 0.4) is 0 Å². The normalized spacial score (nSPS) is 20.6. The molecular weight excluding hydrogens is 234 g/mol. The molecule has 106 valence electrons. The molecule has 2 rings (SSSR count). The van der Waals surface area contributed by atoms with Crippen LogP contribution in [-0.2, 0) is 6.42 Å². The van der Waals surface area contributed by atoms with Crippen LogP contribution in [0.2, 0.25) is 0 Å². The van der Waals surface area contributed by atoms with E-state index in [0.29, 0.717) is 6.04 Å². The monoisotopic (exact) mass is 261 g/mol. The van der Waals surface area contributed by atoms with Crippen molar-refractivity contribution in [2.75, 3.05) is 45.2 Å². The van der Waals surface area contributed by atoms with Gasteiger partial charge < -0.3 is 15.1 Å². The van der Waals surface area contributed by atoms with Crippen LogP contribution >= 0.6 is 0 Å². The maximum absolute atomic E-state index is 3.56. The van der Waals surface area contributed by atoms with Crippen LogP contribution < -0.4 is 10.2 Å². The maximum Gasteiger partial charge on any atom is 0.0541 e. The summed E-state index contributed by atoms with van der Waals surface area (Å²) >= 11 is 0. The van der Waals surface area contributed by atoms with Crippen LogP contribution in [0.4, 0.5) is 5.69 Å². The number of nitrogens with zero attached hydrogens (tertiary/aromatic N) is 2. The van der Waals surface area contributed by atoms with Crippen molar-refractivity contribution in [1.82, 2.24) is 10.2 Å². The molecule has 3 nitrogen and oxygen atoms in total. The molecule has 0 aliphatic carbocycles. The first-order chi connectivity index (χ1) is 9.20. The molecule has 1 unspecified atom stereocenters. The fourth-order valence-electron chi connectivity index (χ4n) is 2.78. The topological polar surface area (TPSA) is 18.5 Å². The third kappa shape index (κ3) is 3.95. The zero-order valence-electron chi connectivity index (χ0n) is 12.5. The minimum Gasteiger partial charge on any atom is -0.366 e. The molecule has 0 aromatic heterocycles. The Morgan fingerprint density at radius 3 is 2.63 bits per heavy atom. The van der Waals surface area contributed by atoms with Crippen LogP contribution in [-0.4, -0.2) is 51.2 Å². The number of rotatable bonds is 4. The summed E-state index contributed by atoms with van der Waals surface area (Å²) in [6.45, 7) is 6.67. The minimum atomic E-state index is 0.560. The molecule has 1 saturated heterocycles. The molecule has 1 atom stereocenters. The predicted octanol–water partition coefficient (Wildman–Crippen LogP) is 1.98. The Balaban J connectivity index is 2.15. The van der Waals surface area contributed by atoms with Gasteiger partial charge >= 0.3 is 0 Å². The Bertz CT molecular complexity index is 372. The molecular formula is C16H27N3. The summed E-state index contributed by atoms with van der Waals surface area (Å²) in [6, 6.07) is 9.66.